The molecule has 3 N–H and O–H groups in total. The largest absolute Gasteiger partial charge is 0.480 e. The van der Waals surface area contributed by atoms with Crippen LogP contribution >= 0.6 is 0 Å². The second kappa shape index (κ2) is 4.18. The van der Waals surface area contributed by atoms with E-state index in [1.165, 1.54) is 0 Å². The molecule has 1 fully saturated rings. The van der Waals surface area contributed by atoms with E-state index in [0.717, 1.165) is 0 Å². The molecule has 0 aromatic rings. The predicted octanol–water partition coefficient (Wildman–Crippen LogP) is -0.179. The molecule has 0 bridgehead atoms. The summed E-state index contributed by atoms with van der Waals surface area (Å²) in [4.78, 5) is 22.6. The highest BCUT2D eigenvalue weighted by Crippen LogP contribution is 2.20. The Bertz CT molecular complexity index is 266. The zero-order chi connectivity index (χ0) is 11.6. The Kier molecular flexibility index (Phi) is 3.34. The lowest BCUT2D eigenvalue weighted by Crippen LogP contribution is -2.56. The average molecular weight is 214 g/mol. The first-order chi connectivity index (χ1) is 6.82. The Balaban J connectivity index is 2.58. The van der Waals surface area contributed by atoms with Crippen molar-refractivity contribution in [1.82, 2.24) is 10.6 Å². The van der Waals surface area contributed by atoms with Gasteiger partial charge < -0.3 is 15.7 Å². The van der Waals surface area contributed by atoms with Crippen LogP contribution in [0.1, 0.15) is 20.8 Å². The molecular weight excluding hydrogens is 196 g/mol. The number of hydrogen-bond acceptors (Lipinski definition) is 3. The van der Waals surface area contributed by atoms with Crippen molar-refractivity contribution in [3.8, 4) is 0 Å². The number of rotatable bonds is 3. The Hall–Kier alpha value is -1.10. The van der Waals surface area contributed by atoms with Crippen LogP contribution in [0.15, 0.2) is 0 Å². The molecule has 5 nitrogen and oxygen atoms in total. The van der Waals surface area contributed by atoms with Gasteiger partial charge in [0, 0.05) is 13.1 Å². The average Bonchev–Trinajstić information content (AvgIpc) is 1.93. The lowest BCUT2D eigenvalue weighted by atomic mass is 9.86. The van der Waals surface area contributed by atoms with E-state index in [2.05, 4.69) is 10.6 Å². The molecule has 0 spiro atoms. The number of nitrogens with one attached hydrogen (secondary N) is 2. The van der Waals surface area contributed by atoms with Crippen molar-refractivity contribution in [1.29, 1.82) is 0 Å². The van der Waals surface area contributed by atoms with Crippen LogP contribution in [0.25, 0.3) is 0 Å². The summed E-state index contributed by atoms with van der Waals surface area (Å²) in [5, 5.41) is 14.6. The number of carbonyl (C=O) groups excluding carboxylic acids is 1. The number of carboxylic acid groups (broad SMARTS) is 1. The molecule has 0 aromatic carbocycles. The van der Waals surface area contributed by atoms with E-state index < -0.39 is 17.4 Å². The SMILES string of the molecule is CC(C)(C)[C@H](NC(=O)C1CNC1)C(=O)O. The van der Waals surface area contributed by atoms with E-state index in [9.17, 15) is 9.59 Å². The van der Waals surface area contributed by atoms with E-state index in [4.69, 9.17) is 5.11 Å². The van der Waals surface area contributed by atoms with Crippen molar-refractivity contribution >= 4 is 11.9 Å². The van der Waals surface area contributed by atoms with Gasteiger partial charge in [-0.25, -0.2) is 4.79 Å². The minimum atomic E-state index is -0.983. The van der Waals surface area contributed by atoms with Gasteiger partial charge in [0.15, 0.2) is 0 Å². The standard InChI is InChI=1S/C10H18N2O3/c1-10(2,3)7(9(14)15)12-8(13)6-4-11-5-6/h6-7,11H,4-5H2,1-3H3,(H,12,13)(H,14,15)/t7-/m1/s1. The van der Waals surface area contributed by atoms with Crippen LogP contribution in [-0.4, -0.2) is 36.1 Å². The molecule has 0 aliphatic carbocycles. The summed E-state index contributed by atoms with van der Waals surface area (Å²) in [6.45, 7) is 6.67. The number of hydrogen-bond donors (Lipinski definition) is 3. The third kappa shape index (κ3) is 2.92. The first kappa shape index (κ1) is 12.0. The molecule has 0 radical (unpaired) electrons. The zero-order valence-corrected chi connectivity index (χ0v) is 9.33. The quantitative estimate of drug-likeness (QED) is 0.609. The molecule has 1 amide bonds. The first-order valence-corrected chi connectivity index (χ1v) is 5.06. The summed E-state index contributed by atoms with van der Waals surface area (Å²) < 4.78 is 0. The maximum Gasteiger partial charge on any atom is 0.326 e. The fourth-order valence-electron chi connectivity index (χ4n) is 1.38. The number of carbonyl (C=O) groups is 2. The summed E-state index contributed by atoms with van der Waals surface area (Å²) in [5.41, 5.74) is -0.474. The van der Waals surface area contributed by atoms with Gasteiger partial charge in [0.2, 0.25) is 5.91 Å². The lowest BCUT2D eigenvalue weighted by Gasteiger charge is -2.32. The molecule has 1 aliphatic rings. The van der Waals surface area contributed by atoms with Crippen LogP contribution in [0.3, 0.4) is 0 Å². The van der Waals surface area contributed by atoms with E-state index >= 15 is 0 Å². The van der Waals surface area contributed by atoms with Crippen molar-refractivity contribution in [3.63, 3.8) is 0 Å². The zero-order valence-electron chi connectivity index (χ0n) is 9.33. The van der Waals surface area contributed by atoms with Gasteiger partial charge in [-0.2, -0.15) is 0 Å². The first-order valence-electron chi connectivity index (χ1n) is 5.06. The highest BCUT2D eigenvalue weighted by Gasteiger charge is 2.35. The van der Waals surface area contributed by atoms with Crippen LogP contribution in [0.4, 0.5) is 0 Å². The van der Waals surface area contributed by atoms with Crippen LogP contribution in [0.2, 0.25) is 0 Å². The maximum atomic E-state index is 11.6. The molecule has 1 heterocycles. The molecule has 0 aromatic heterocycles. The van der Waals surface area contributed by atoms with Gasteiger partial charge in [0.25, 0.3) is 0 Å². The summed E-state index contributed by atoms with van der Waals surface area (Å²) in [5.74, 6) is -1.23. The van der Waals surface area contributed by atoms with Crippen LogP contribution in [0.5, 0.6) is 0 Å². The number of amides is 1. The van der Waals surface area contributed by atoms with Gasteiger partial charge in [0.1, 0.15) is 6.04 Å². The van der Waals surface area contributed by atoms with E-state index in [0.29, 0.717) is 13.1 Å². The van der Waals surface area contributed by atoms with Crippen LogP contribution in [-0.2, 0) is 9.59 Å². The molecule has 0 unspecified atom stereocenters. The minimum Gasteiger partial charge on any atom is -0.480 e. The highest BCUT2D eigenvalue weighted by atomic mass is 16.4. The number of aliphatic carboxylic acids is 1. The van der Waals surface area contributed by atoms with E-state index in [1.54, 1.807) is 20.8 Å². The van der Waals surface area contributed by atoms with Crippen molar-refractivity contribution in [2.45, 2.75) is 26.8 Å². The van der Waals surface area contributed by atoms with Crippen molar-refractivity contribution in [2.24, 2.45) is 11.3 Å². The lowest BCUT2D eigenvalue weighted by molar-refractivity contribution is -0.145. The van der Waals surface area contributed by atoms with Gasteiger partial charge in [-0.15, -0.1) is 0 Å². The molecule has 5 heteroatoms. The highest BCUT2D eigenvalue weighted by molar-refractivity contribution is 5.86. The third-order valence-corrected chi connectivity index (χ3v) is 2.55. The van der Waals surface area contributed by atoms with Gasteiger partial charge in [0.05, 0.1) is 5.92 Å². The summed E-state index contributed by atoms with van der Waals surface area (Å²) in [6.07, 6.45) is 0. The van der Waals surface area contributed by atoms with E-state index in [1.807, 2.05) is 0 Å². The summed E-state index contributed by atoms with van der Waals surface area (Å²) in [7, 11) is 0. The molecule has 86 valence electrons. The Morgan fingerprint density at radius 2 is 1.93 bits per heavy atom. The molecule has 1 rings (SSSR count). The Morgan fingerprint density at radius 3 is 2.20 bits per heavy atom. The summed E-state index contributed by atoms with van der Waals surface area (Å²) in [6, 6.07) is -0.828. The fraction of sp³-hybridized carbons (Fsp3) is 0.800. The van der Waals surface area contributed by atoms with Gasteiger partial charge in [-0.05, 0) is 5.41 Å². The summed E-state index contributed by atoms with van der Waals surface area (Å²) >= 11 is 0. The monoisotopic (exact) mass is 214 g/mol. The molecule has 0 saturated carbocycles. The van der Waals surface area contributed by atoms with Gasteiger partial charge in [-0.1, -0.05) is 20.8 Å². The topological polar surface area (TPSA) is 78.4 Å². The van der Waals surface area contributed by atoms with Crippen molar-refractivity contribution in [3.05, 3.63) is 0 Å². The van der Waals surface area contributed by atoms with Crippen LogP contribution < -0.4 is 10.6 Å². The smallest absolute Gasteiger partial charge is 0.326 e. The van der Waals surface area contributed by atoms with E-state index in [-0.39, 0.29) is 11.8 Å². The Labute approximate surface area is 89.2 Å². The Morgan fingerprint density at radius 1 is 1.40 bits per heavy atom. The minimum absolute atomic E-state index is 0.0748. The predicted molar refractivity (Wildman–Crippen MR) is 55.4 cm³/mol. The number of carboxylic acids is 1. The molecule has 1 saturated heterocycles. The molecule has 1 aliphatic heterocycles. The third-order valence-electron chi connectivity index (χ3n) is 2.55. The van der Waals surface area contributed by atoms with Crippen molar-refractivity contribution in [2.75, 3.05) is 13.1 Å². The van der Waals surface area contributed by atoms with Crippen molar-refractivity contribution < 1.29 is 14.7 Å². The molecular formula is C10H18N2O3. The molecule has 15 heavy (non-hydrogen) atoms. The fourth-order valence-corrected chi connectivity index (χ4v) is 1.38. The second-order valence-electron chi connectivity index (χ2n) is 5.00. The maximum absolute atomic E-state index is 11.6. The molecule has 1 atom stereocenters. The normalized spacial score (nSPS) is 19.1. The second-order valence-corrected chi connectivity index (χ2v) is 5.00. The van der Waals surface area contributed by atoms with Gasteiger partial charge >= 0.3 is 5.97 Å². The van der Waals surface area contributed by atoms with Crippen LogP contribution in [0, 0.1) is 11.3 Å². The van der Waals surface area contributed by atoms with Gasteiger partial charge in [-0.3, -0.25) is 4.79 Å².